The Labute approximate surface area is 177 Å². The molecule has 0 saturated heterocycles. The molecule has 1 heterocycles. The zero-order valence-electron chi connectivity index (χ0n) is 17.1. The van der Waals surface area contributed by atoms with Gasteiger partial charge in [-0.2, -0.15) is 0 Å². The van der Waals surface area contributed by atoms with Crippen LogP contribution in [0.1, 0.15) is 17.4 Å². The van der Waals surface area contributed by atoms with Crippen LogP contribution in [0, 0.1) is 5.92 Å². The van der Waals surface area contributed by atoms with Gasteiger partial charge in [-0.3, -0.25) is 4.99 Å². The number of sulfonamides is 1. The highest BCUT2D eigenvalue weighted by molar-refractivity contribution is 7.89. The highest BCUT2D eigenvalue weighted by Crippen LogP contribution is 2.14. The molecule has 2 aromatic rings. The molecule has 3 N–H and O–H groups in total. The zero-order chi connectivity index (χ0) is 21.1. The Kier molecular flexibility index (Phi) is 9.59. The molecule has 0 radical (unpaired) electrons. The van der Waals surface area contributed by atoms with Gasteiger partial charge in [0.25, 0.3) is 0 Å². The first-order valence-corrected chi connectivity index (χ1v) is 11.9. The predicted molar refractivity (Wildman–Crippen MR) is 119 cm³/mol. The molecule has 1 aromatic carbocycles. The summed E-state index contributed by atoms with van der Waals surface area (Å²) in [5.41, 5.74) is 0.856. The maximum Gasteiger partial charge on any atom is 0.240 e. The average Bonchev–Trinajstić information content (AvgIpc) is 3.21. The molecule has 1 aromatic heterocycles. The van der Waals surface area contributed by atoms with Crippen molar-refractivity contribution in [1.82, 2.24) is 15.4 Å². The van der Waals surface area contributed by atoms with Crippen LogP contribution in [-0.4, -0.2) is 48.2 Å². The van der Waals surface area contributed by atoms with Gasteiger partial charge < -0.3 is 15.4 Å². The average molecular weight is 439 g/mol. The smallest absolute Gasteiger partial charge is 0.240 e. The van der Waals surface area contributed by atoms with Gasteiger partial charge in [-0.25, -0.2) is 13.1 Å². The van der Waals surface area contributed by atoms with Gasteiger partial charge in [0.1, 0.15) is 0 Å². The van der Waals surface area contributed by atoms with E-state index in [0.717, 1.165) is 18.5 Å². The Morgan fingerprint density at radius 2 is 2.07 bits per heavy atom. The number of hydrogen-bond acceptors (Lipinski definition) is 5. The molecular formula is C20H30N4O3S2. The molecule has 160 valence electrons. The van der Waals surface area contributed by atoms with Gasteiger partial charge in [-0.1, -0.05) is 25.1 Å². The number of rotatable bonds is 11. The summed E-state index contributed by atoms with van der Waals surface area (Å²) < 4.78 is 32.1. The largest absolute Gasteiger partial charge is 0.383 e. The van der Waals surface area contributed by atoms with E-state index in [4.69, 9.17) is 4.74 Å². The summed E-state index contributed by atoms with van der Waals surface area (Å²) in [5, 5.41) is 8.66. The van der Waals surface area contributed by atoms with Crippen molar-refractivity contribution in [2.24, 2.45) is 10.9 Å². The monoisotopic (exact) mass is 438 g/mol. The quantitative estimate of drug-likeness (QED) is 0.284. The van der Waals surface area contributed by atoms with Crippen molar-refractivity contribution in [3.8, 4) is 0 Å². The van der Waals surface area contributed by atoms with Crippen LogP contribution < -0.4 is 15.4 Å². The lowest BCUT2D eigenvalue weighted by Crippen LogP contribution is -2.39. The van der Waals surface area contributed by atoms with Crippen LogP contribution in [0.25, 0.3) is 0 Å². The van der Waals surface area contributed by atoms with Gasteiger partial charge in [0.15, 0.2) is 5.96 Å². The summed E-state index contributed by atoms with van der Waals surface area (Å²) in [7, 11) is -0.294. The highest BCUT2D eigenvalue weighted by atomic mass is 32.2. The Morgan fingerprint density at radius 3 is 2.76 bits per heavy atom. The van der Waals surface area contributed by atoms with Crippen LogP contribution in [0.4, 0.5) is 0 Å². The normalized spacial score (nSPS) is 13.3. The van der Waals surface area contributed by atoms with E-state index in [0.29, 0.717) is 25.0 Å². The molecule has 0 aliphatic carbocycles. The maximum absolute atomic E-state index is 12.3. The van der Waals surface area contributed by atoms with Crippen LogP contribution in [0.15, 0.2) is 51.7 Å². The second kappa shape index (κ2) is 11.9. The van der Waals surface area contributed by atoms with Crippen LogP contribution in [0.5, 0.6) is 0 Å². The lowest BCUT2D eigenvalue weighted by atomic mass is 10.1. The molecule has 0 bridgehead atoms. The van der Waals surface area contributed by atoms with Crippen molar-refractivity contribution in [2.45, 2.75) is 24.8 Å². The van der Waals surface area contributed by atoms with Crippen LogP contribution in [0.3, 0.4) is 0 Å². The highest BCUT2D eigenvalue weighted by Gasteiger charge is 2.14. The van der Waals surface area contributed by atoms with E-state index in [1.54, 1.807) is 36.6 Å². The molecule has 0 aliphatic rings. The first-order valence-electron chi connectivity index (χ1n) is 9.49. The summed E-state index contributed by atoms with van der Waals surface area (Å²) in [4.78, 5) is 5.86. The number of ether oxygens (including phenoxy) is 1. The third kappa shape index (κ3) is 8.14. The summed E-state index contributed by atoms with van der Waals surface area (Å²) >= 11 is 1.77. The van der Waals surface area contributed by atoms with Gasteiger partial charge in [-0.15, -0.1) is 11.3 Å². The first kappa shape index (κ1) is 23.3. The van der Waals surface area contributed by atoms with Gasteiger partial charge in [-0.05, 0) is 41.5 Å². The minimum Gasteiger partial charge on any atom is -0.383 e. The number of guanidine groups is 1. The molecular weight excluding hydrogens is 408 g/mol. The lowest BCUT2D eigenvalue weighted by Gasteiger charge is -2.16. The van der Waals surface area contributed by atoms with Gasteiger partial charge in [0.05, 0.1) is 11.5 Å². The molecule has 1 atom stereocenters. The van der Waals surface area contributed by atoms with Crippen molar-refractivity contribution in [3.05, 3.63) is 52.2 Å². The van der Waals surface area contributed by atoms with E-state index in [2.05, 4.69) is 44.8 Å². The Hall–Kier alpha value is -1.94. The maximum atomic E-state index is 12.3. The van der Waals surface area contributed by atoms with Gasteiger partial charge in [0, 0.05) is 38.7 Å². The molecule has 7 nitrogen and oxygen atoms in total. The molecule has 0 amide bonds. The van der Waals surface area contributed by atoms with E-state index in [1.807, 2.05) is 6.07 Å². The van der Waals surface area contributed by atoms with Gasteiger partial charge in [0.2, 0.25) is 10.0 Å². The molecule has 9 heteroatoms. The fourth-order valence-corrected chi connectivity index (χ4v) is 4.66. The number of aliphatic imine (C=N–C) groups is 1. The summed E-state index contributed by atoms with van der Waals surface area (Å²) in [6.45, 7) is 4.04. The molecule has 0 aliphatic heterocycles. The standard InChI is InChI=1S/C20H30N4O3S2/c1-16(12-18-7-5-11-28-18)14-22-20(21-2)23-15-17-6-4-8-19(13-17)29(25,26)24-9-10-27-3/h4-8,11,13,16,24H,9-10,12,14-15H2,1-3H3,(H2,21,22,23). The van der Waals surface area contributed by atoms with E-state index >= 15 is 0 Å². The van der Waals surface area contributed by atoms with E-state index in [-0.39, 0.29) is 11.4 Å². The fourth-order valence-electron chi connectivity index (χ4n) is 2.71. The van der Waals surface area contributed by atoms with Crippen LogP contribution in [-0.2, 0) is 27.7 Å². The topological polar surface area (TPSA) is 91.8 Å². The summed E-state index contributed by atoms with van der Waals surface area (Å²) in [6, 6.07) is 11.1. The molecule has 0 spiro atoms. The molecule has 29 heavy (non-hydrogen) atoms. The van der Waals surface area contributed by atoms with Crippen molar-refractivity contribution in [2.75, 3.05) is 33.9 Å². The minimum absolute atomic E-state index is 0.236. The Bertz CT molecular complexity index is 868. The SMILES string of the molecule is CN=C(NCc1cccc(S(=O)(=O)NCCOC)c1)NCC(C)Cc1cccs1. The predicted octanol–water partition coefficient (Wildman–Crippen LogP) is 2.22. The van der Waals surface area contributed by atoms with Crippen LogP contribution >= 0.6 is 11.3 Å². The van der Waals surface area contributed by atoms with Crippen molar-refractivity contribution < 1.29 is 13.2 Å². The molecule has 0 fully saturated rings. The van der Waals surface area contributed by atoms with E-state index in [9.17, 15) is 8.42 Å². The van der Waals surface area contributed by atoms with Crippen LogP contribution in [0.2, 0.25) is 0 Å². The number of methoxy groups -OCH3 is 1. The number of benzene rings is 1. The van der Waals surface area contributed by atoms with E-state index in [1.165, 1.54) is 12.0 Å². The first-order chi connectivity index (χ1) is 13.9. The number of hydrogen-bond donors (Lipinski definition) is 3. The third-order valence-corrected chi connectivity index (χ3v) is 6.60. The third-order valence-electron chi connectivity index (χ3n) is 4.24. The Balaban J connectivity index is 1.85. The van der Waals surface area contributed by atoms with Crippen molar-refractivity contribution >= 4 is 27.3 Å². The fraction of sp³-hybridized carbons (Fsp3) is 0.450. The molecule has 1 unspecified atom stereocenters. The number of nitrogens with zero attached hydrogens (tertiary/aromatic N) is 1. The summed E-state index contributed by atoms with van der Waals surface area (Å²) in [5.74, 6) is 1.16. The number of nitrogens with one attached hydrogen (secondary N) is 3. The van der Waals surface area contributed by atoms with Crippen molar-refractivity contribution in [3.63, 3.8) is 0 Å². The van der Waals surface area contributed by atoms with Gasteiger partial charge >= 0.3 is 0 Å². The summed E-state index contributed by atoms with van der Waals surface area (Å²) in [6.07, 6.45) is 1.03. The molecule has 2 rings (SSSR count). The second-order valence-corrected chi connectivity index (χ2v) is 9.53. The Morgan fingerprint density at radius 1 is 1.24 bits per heavy atom. The van der Waals surface area contributed by atoms with E-state index < -0.39 is 10.0 Å². The minimum atomic E-state index is -3.55. The second-order valence-electron chi connectivity index (χ2n) is 6.73. The number of thiophene rings is 1. The zero-order valence-corrected chi connectivity index (χ0v) is 18.8. The lowest BCUT2D eigenvalue weighted by molar-refractivity contribution is 0.204. The van der Waals surface area contributed by atoms with Crippen molar-refractivity contribution in [1.29, 1.82) is 0 Å². The molecule has 0 saturated carbocycles.